The van der Waals surface area contributed by atoms with Crippen LogP contribution in [0.2, 0.25) is 0 Å². The fraction of sp³-hybridized carbons (Fsp3) is 0.909. The molecule has 0 aromatic heterocycles. The van der Waals surface area contributed by atoms with Crippen LogP contribution in [0.1, 0.15) is 84.5 Å². The molecular weight excluding hydrogens is 395 g/mol. The highest BCUT2D eigenvalue weighted by Gasteiger charge is 2.64. The van der Waals surface area contributed by atoms with Gasteiger partial charge in [0.25, 0.3) is 0 Å². The van der Waals surface area contributed by atoms with Gasteiger partial charge < -0.3 is 9.74 Å². The van der Waals surface area contributed by atoms with Crippen molar-refractivity contribution in [1.82, 2.24) is 10.1 Å². The molecule has 0 aromatic carbocycles. The third-order valence-corrected chi connectivity index (χ3v) is 8.20. The number of rotatable bonds is 2. The number of hydrogen-bond donors (Lipinski definition) is 0. The molecule has 6 aliphatic rings. The first kappa shape index (κ1) is 20.4. The Hall–Kier alpha value is -1.47. The van der Waals surface area contributed by atoms with E-state index in [-0.39, 0.29) is 16.2 Å². The maximum absolute atomic E-state index is 12.9. The van der Waals surface area contributed by atoms with Crippen LogP contribution in [0, 0.1) is 22.2 Å². The normalized spacial score (nSPS) is 43.2. The SMILES string of the molecule is CC12CC3CC(C)(C1)CC(C1=NN(OC(=O)C(F)(F)F)C4CCCCCCN14)(C3)C2. The minimum atomic E-state index is -5.02. The van der Waals surface area contributed by atoms with Crippen LogP contribution < -0.4 is 0 Å². The second-order valence-corrected chi connectivity index (χ2v) is 11.4. The molecule has 3 atom stereocenters. The maximum Gasteiger partial charge on any atom is 0.493 e. The van der Waals surface area contributed by atoms with Gasteiger partial charge in [-0.2, -0.15) is 13.2 Å². The van der Waals surface area contributed by atoms with Gasteiger partial charge in [-0.05, 0) is 74.5 Å². The van der Waals surface area contributed by atoms with Crippen molar-refractivity contribution in [1.29, 1.82) is 0 Å². The predicted molar refractivity (Wildman–Crippen MR) is 105 cm³/mol. The van der Waals surface area contributed by atoms with Crippen LogP contribution in [0.5, 0.6) is 0 Å². The number of carbonyl (C=O) groups excluding carboxylic acids is 1. The summed E-state index contributed by atoms with van der Waals surface area (Å²) in [5.74, 6) is -0.635. The fourth-order valence-corrected chi connectivity index (χ4v) is 8.29. The van der Waals surface area contributed by atoms with E-state index in [0.29, 0.717) is 12.3 Å². The second kappa shape index (κ2) is 6.52. The molecule has 5 nitrogen and oxygen atoms in total. The number of carbonyl (C=O) groups is 1. The average Bonchev–Trinajstić information content (AvgIpc) is 2.87. The zero-order chi connectivity index (χ0) is 21.4. The van der Waals surface area contributed by atoms with Crippen molar-refractivity contribution in [3.05, 3.63) is 0 Å². The summed E-state index contributed by atoms with van der Waals surface area (Å²) >= 11 is 0. The Morgan fingerprint density at radius 3 is 2.33 bits per heavy atom. The topological polar surface area (TPSA) is 45.1 Å². The Morgan fingerprint density at radius 2 is 1.70 bits per heavy atom. The van der Waals surface area contributed by atoms with Gasteiger partial charge in [0.05, 0.1) is 0 Å². The summed E-state index contributed by atoms with van der Waals surface area (Å²) in [4.78, 5) is 18.7. The van der Waals surface area contributed by atoms with Crippen LogP contribution in [0.3, 0.4) is 0 Å². The summed E-state index contributed by atoms with van der Waals surface area (Å²) in [6.45, 7) is 5.53. The molecule has 8 heteroatoms. The number of hydrogen-bond acceptors (Lipinski definition) is 5. The number of hydroxylamine groups is 1. The molecule has 168 valence electrons. The summed E-state index contributed by atoms with van der Waals surface area (Å²) in [6.07, 6.45) is 6.11. The third kappa shape index (κ3) is 3.29. The van der Waals surface area contributed by atoms with Crippen molar-refractivity contribution in [3.8, 4) is 0 Å². The highest BCUT2D eigenvalue weighted by Crippen LogP contribution is 2.70. The van der Waals surface area contributed by atoms with E-state index in [1.54, 1.807) is 0 Å². The van der Waals surface area contributed by atoms with Gasteiger partial charge >= 0.3 is 12.1 Å². The van der Waals surface area contributed by atoms with Crippen LogP contribution >= 0.6 is 0 Å². The molecule has 5 fully saturated rings. The number of nitrogens with zero attached hydrogens (tertiary/aromatic N) is 3. The van der Waals surface area contributed by atoms with E-state index >= 15 is 0 Å². The smallest absolute Gasteiger partial charge is 0.333 e. The second-order valence-electron chi connectivity index (χ2n) is 11.4. The Kier molecular flexibility index (Phi) is 4.44. The minimum absolute atomic E-state index is 0.111. The maximum atomic E-state index is 12.9. The zero-order valence-corrected chi connectivity index (χ0v) is 17.9. The lowest BCUT2D eigenvalue weighted by molar-refractivity contribution is -0.250. The van der Waals surface area contributed by atoms with Crippen LogP contribution in [0.25, 0.3) is 0 Å². The lowest BCUT2D eigenvalue weighted by atomic mass is 9.40. The van der Waals surface area contributed by atoms with Crippen molar-refractivity contribution < 1.29 is 22.8 Å². The molecule has 0 radical (unpaired) electrons. The van der Waals surface area contributed by atoms with Gasteiger partial charge in [-0.1, -0.05) is 31.9 Å². The van der Waals surface area contributed by atoms with Crippen molar-refractivity contribution in [2.75, 3.05) is 6.54 Å². The lowest BCUT2D eigenvalue weighted by Crippen LogP contribution is -2.60. The molecule has 6 rings (SSSR count). The van der Waals surface area contributed by atoms with Gasteiger partial charge in [-0.15, -0.1) is 5.10 Å². The van der Waals surface area contributed by atoms with Crippen molar-refractivity contribution in [2.24, 2.45) is 27.3 Å². The Morgan fingerprint density at radius 1 is 1.03 bits per heavy atom. The predicted octanol–water partition coefficient (Wildman–Crippen LogP) is 5.22. The van der Waals surface area contributed by atoms with Crippen molar-refractivity contribution in [3.63, 3.8) is 0 Å². The highest BCUT2D eigenvalue weighted by molar-refractivity contribution is 5.90. The number of fused-ring (bicyclic) bond motifs is 1. The Balaban J connectivity index is 1.51. The van der Waals surface area contributed by atoms with E-state index in [1.807, 2.05) is 0 Å². The quantitative estimate of drug-likeness (QED) is 0.606. The molecule has 0 N–H and O–H groups in total. The van der Waals surface area contributed by atoms with E-state index in [4.69, 9.17) is 4.84 Å². The number of hydrazone groups is 1. The first-order chi connectivity index (χ1) is 14.0. The monoisotopic (exact) mass is 427 g/mol. The summed E-state index contributed by atoms with van der Waals surface area (Å²) in [5.41, 5.74) is 0.426. The van der Waals surface area contributed by atoms with Gasteiger partial charge in [0, 0.05) is 12.0 Å². The van der Waals surface area contributed by atoms with Gasteiger partial charge in [0.15, 0.2) is 6.17 Å². The summed E-state index contributed by atoms with van der Waals surface area (Å²) in [6, 6.07) is 0. The van der Waals surface area contributed by atoms with Gasteiger partial charge in [-0.25, -0.2) is 4.79 Å². The van der Waals surface area contributed by atoms with Gasteiger partial charge in [0.2, 0.25) is 0 Å². The van der Waals surface area contributed by atoms with E-state index in [1.165, 1.54) is 19.3 Å². The molecule has 30 heavy (non-hydrogen) atoms. The standard InChI is InChI=1S/C22H32F3N3O2/c1-19-9-15-10-20(2,12-19)14-21(11-15,13-19)17-26-28(30-18(29)22(23,24)25)16-7-5-3-4-6-8-27(16)17/h15-16H,3-14H2,1-2H3. The number of halogens is 3. The first-order valence-electron chi connectivity index (χ1n) is 11.5. The zero-order valence-electron chi connectivity index (χ0n) is 17.9. The third-order valence-electron chi connectivity index (χ3n) is 8.20. The Bertz CT molecular complexity index is 749. The fourth-order valence-electron chi connectivity index (χ4n) is 8.29. The van der Waals surface area contributed by atoms with E-state index in [9.17, 15) is 18.0 Å². The van der Waals surface area contributed by atoms with Gasteiger partial charge in [0.1, 0.15) is 5.84 Å². The van der Waals surface area contributed by atoms with E-state index < -0.39 is 18.3 Å². The summed E-state index contributed by atoms with van der Waals surface area (Å²) < 4.78 is 38.8. The number of amidine groups is 1. The molecule has 1 saturated heterocycles. The molecule has 4 aliphatic carbocycles. The summed E-state index contributed by atoms with van der Waals surface area (Å²) in [7, 11) is 0. The highest BCUT2D eigenvalue weighted by atomic mass is 19.4. The van der Waals surface area contributed by atoms with Crippen molar-refractivity contribution >= 4 is 11.8 Å². The van der Waals surface area contributed by atoms with E-state index in [2.05, 4.69) is 23.8 Å². The molecular formula is C22H32F3N3O2. The summed E-state index contributed by atoms with van der Waals surface area (Å²) in [5, 5.41) is 5.65. The molecule has 2 heterocycles. The van der Waals surface area contributed by atoms with E-state index in [0.717, 1.165) is 62.5 Å². The first-order valence-corrected chi connectivity index (χ1v) is 11.5. The van der Waals surface area contributed by atoms with Crippen molar-refractivity contribution in [2.45, 2.75) is 96.8 Å². The molecule has 0 spiro atoms. The average molecular weight is 428 g/mol. The lowest BCUT2D eigenvalue weighted by Gasteiger charge is -2.65. The largest absolute Gasteiger partial charge is 0.493 e. The van der Waals surface area contributed by atoms with Crippen LogP contribution in [-0.4, -0.2) is 40.8 Å². The number of alkyl halides is 3. The van der Waals surface area contributed by atoms with Gasteiger partial charge in [-0.3, -0.25) is 0 Å². The Labute approximate surface area is 175 Å². The van der Waals surface area contributed by atoms with Crippen LogP contribution in [0.15, 0.2) is 5.10 Å². The van der Waals surface area contributed by atoms with Crippen LogP contribution in [0.4, 0.5) is 13.2 Å². The molecule has 0 aromatic rings. The molecule has 2 aliphatic heterocycles. The molecule has 4 bridgehead atoms. The minimum Gasteiger partial charge on any atom is -0.333 e. The van der Waals surface area contributed by atoms with Crippen LogP contribution in [-0.2, 0) is 9.63 Å². The molecule has 4 saturated carbocycles. The molecule has 0 amide bonds. The molecule has 3 unspecified atom stereocenters.